The molecule has 0 saturated heterocycles. The van der Waals surface area contributed by atoms with Gasteiger partial charge in [-0.2, -0.15) is 0 Å². The second kappa shape index (κ2) is 3.52. The molecule has 1 aliphatic heterocycles. The predicted octanol–water partition coefficient (Wildman–Crippen LogP) is 2.72. The van der Waals surface area contributed by atoms with Crippen molar-refractivity contribution in [2.75, 3.05) is 16.8 Å². The summed E-state index contributed by atoms with van der Waals surface area (Å²) in [6, 6.07) is 9.67. The van der Waals surface area contributed by atoms with Gasteiger partial charge in [-0.3, -0.25) is 0 Å². The summed E-state index contributed by atoms with van der Waals surface area (Å²) in [5, 5.41) is 3.46. The molecule has 0 aliphatic carbocycles. The van der Waals surface area contributed by atoms with E-state index >= 15 is 0 Å². The molecule has 1 N–H and O–H groups in total. The minimum Gasteiger partial charge on any atom is -0.381 e. The highest BCUT2D eigenvalue weighted by atomic mass is 15.2. The maximum absolute atomic E-state index is 3.46. The van der Waals surface area contributed by atoms with E-state index in [-0.39, 0.29) is 0 Å². The topological polar surface area (TPSA) is 15.3 Å². The number of benzene rings is 1. The van der Waals surface area contributed by atoms with Crippen molar-refractivity contribution < 1.29 is 0 Å². The molecule has 1 aromatic carbocycles. The Morgan fingerprint density at radius 1 is 1.36 bits per heavy atom. The van der Waals surface area contributed by atoms with Crippen LogP contribution in [0.1, 0.15) is 20.8 Å². The summed E-state index contributed by atoms with van der Waals surface area (Å²) in [4.78, 5) is 2.48. The fourth-order valence-corrected chi connectivity index (χ4v) is 2.23. The Morgan fingerprint density at radius 3 is 2.79 bits per heavy atom. The van der Waals surface area contributed by atoms with Crippen LogP contribution in [0.15, 0.2) is 24.3 Å². The Morgan fingerprint density at radius 2 is 2.07 bits per heavy atom. The third-order valence-corrected chi connectivity index (χ3v) is 2.80. The molecule has 1 aliphatic rings. The molecular weight excluding hydrogens is 172 g/mol. The lowest BCUT2D eigenvalue weighted by atomic mass is 10.1. The van der Waals surface area contributed by atoms with E-state index in [1.807, 2.05) is 0 Å². The molecule has 2 nitrogen and oxygen atoms in total. The molecule has 1 aromatic rings. The van der Waals surface area contributed by atoms with Gasteiger partial charge in [0, 0.05) is 18.6 Å². The van der Waals surface area contributed by atoms with E-state index in [2.05, 4.69) is 55.3 Å². The van der Waals surface area contributed by atoms with Crippen LogP contribution in [0.4, 0.5) is 11.4 Å². The highest BCUT2D eigenvalue weighted by molar-refractivity contribution is 5.72. The predicted molar refractivity (Wildman–Crippen MR) is 62.0 cm³/mol. The average molecular weight is 190 g/mol. The van der Waals surface area contributed by atoms with E-state index in [9.17, 15) is 0 Å². The molecule has 0 radical (unpaired) electrons. The molecule has 0 spiro atoms. The zero-order valence-corrected chi connectivity index (χ0v) is 9.12. The van der Waals surface area contributed by atoms with Gasteiger partial charge < -0.3 is 10.2 Å². The monoisotopic (exact) mass is 190 g/mol. The molecule has 14 heavy (non-hydrogen) atoms. The second-order valence-corrected chi connectivity index (χ2v) is 4.25. The van der Waals surface area contributed by atoms with Gasteiger partial charge in [-0.1, -0.05) is 12.1 Å². The van der Waals surface area contributed by atoms with Crippen LogP contribution in [0.5, 0.6) is 0 Å². The van der Waals surface area contributed by atoms with Crippen LogP contribution in [0.25, 0.3) is 0 Å². The average Bonchev–Trinajstić information content (AvgIpc) is 2.17. The molecule has 1 heterocycles. The van der Waals surface area contributed by atoms with Crippen LogP contribution in [0.3, 0.4) is 0 Å². The summed E-state index contributed by atoms with van der Waals surface area (Å²) < 4.78 is 0. The van der Waals surface area contributed by atoms with Gasteiger partial charge in [0.1, 0.15) is 0 Å². The Kier molecular flexibility index (Phi) is 2.36. The zero-order valence-electron chi connectivity index (χ0n) is 9.12. The summed E-state index contributed by atoms with van der Waals surface area (Å²) in [5.74, 6) is 0. The summed E-state index contributed by atoms with van der Waals surface area (Å²) >= 11 is 0. The first-order valence-corrected chi connectivity index (χ1v) is 5.31. The highest BCUT2D eigenvalue weighted by Gasteiger charge is 2.23. The van der Waals surface area contributed by atoms with Crippen molar-refractivity contribution in [3.63, 3.8) is 0 Å². The van der Waals surface area contributed by atoms with E-state index in [0.717, 1.165) is 6.54 Å². The number of nitrogens with one attached hydrogen (secondary N) is 1. The lowest BCUT2D eigenvalue weighted by Gasteiger charge is -2.40. The number of para-hydroxylation sites is 2. The molecule has 1 atom stereocenters. The SMILES string of the molecule is CC(C)N1c2ccccc2NCC1C. The van der Waals surface area contributed by atoms with E-state index < -0.39 is 0 Å². The van der Waals surface area contributed by atoms with Crippen molar-refractivity contribution in [1.29, 1.82) is 0 Å². The number of rotatable bonds is 1. The van der Waals surface area contributed by atoms with E-state index in [4.69, 9.17) is 0 Å². The first kappa shape index (κ1) is 9.38. The molecule has 76 valence electrons. The first-order valence-electron chi connectivity index (χ1n) is 5.31. The smallest absolute Gasteiger partial charge is 0.0607 e. The standard InChI is InChI=1S/C12H18N2/c1-9(2)14-10(3)8-13-11-6-4-5-7-12(11)14/h4-7,9-10,13H,8H2,1-3H3. The van der Waals surface area contributed by atoms with Gasteiger partial charge in [-0.25, -0.2) is 0 Å². The van der Waals surface area contributed by atoms with Gasteiger partial charge in [0.2, 0.25) is 0 Å². The van der Waals surface area contributed by atoms with E-state index in [0.29, 0.717) is 12.1 Å². The highest BCUT2D eigenvalue weighted by Crippen LogP contribution is 2.32. The van der Waals surface area contributed by atoms with Crippen molar-refractivity contribution in [3.05, 3.63) is 24.3 Å². The number of nitrogens with zero attached hydrogens (tertiary/aromatic N) is 1. The number of anilines is 2. The van der Waals surface area contributed by atoms with Crippen LogP contribution in [0.2, 0.25) is 0 Å². The van der Waals surface area contributed by atoms with Gasteiger partial charge in [0.25, 0.3) is 0 Å². The Hall–Kier alpha value is -1.18. The van der Waals surface area contributed by atoms with Crippen molar-refractivity contribution >= 4 is 11.4 Å². The summed E-state index contributed by atoms with van der Waals surface area (Å²) in [6.45, 7) is 7.80. The molecular formula is C12H18N2. The third-order valence-electron chi connectivity index (χ3n) is 2.80. The fraction of sp³-hybridized carbons (Fsp3) is 0.500. The van der Waals surface area contributed by atoms with Crippen molar-refractivity contribution in [2.45, 2.75) is 32.9 Å². The Labute approximate surface area is 85.9 Å². The van der Waals surface area contributed by atoms with Crippen LogP contribution in [0, 0.1) is 0 Å². The lowest BCUT2D eigenvalue weighted by molar-refractivity contribution is 0.580. The first-order chi connectivity index (χ1) is 6.70. The number of hydrogen-bond donors (Lipinski definition) is 1. The van der Waals surface area contributed by atoms with E-state index in [1.165, 1.54) is 11.4 Å². The maximum Gasteiger partial charge on any atom is 0.0607 e. The normalized spacial score (nSPS) is 20.6. The quantitative estimate of drug-likeness (QED) is 0.732. The molecule has 2 heteroatoms. The molecule has 1 unspecified atom stereocenters. The third kappa shape index (κ3) is 1.45. The van der Waals surface area contributed by atoms with Gasteiger partial charge in [0.15, 0.2) is 0 Å². The minimum absolute atomic E-state index is 0.563. The van der Waals surface area contributed by atoms with Crippen LogP contribution < -0.4 is 10.2 Å². The largest absolute Gasteiger partial charge is 0.381 e. The summed E-state index contributed by atoms with van der Waals surface area (Å²) in [7, 11) is 0. The lowest BCUT2D eigenvalue weighted by Crippen LogP contribution is -2.46. The van der Waals surface area contributed by atoms with Crippen LogP contribution >= 0.6 is 0 Å². The van der Waals surface area contributed by atoms with Gasteiger partial charge in [0.05, 0.1) is 11.4 Å². The Balaban J connectivity index is 2.41. The van der Waals surface area contributed by atoms with Crippen molar-refractivity contribution in [1.82, 2.24) is 0 Å². The van der Waals surface area contributed by atoms with Crippen LogP contribution in [-0.2, 0) is 0 Å². The van der Waals surface area contributed by atoms with E-state index in [1.54, 1.807) is 0 Å². The van der Waals surface area contributed by atoms with Gasteiger partial charge in [-0.05, 0) is 32.9 Å². The Bertz CT molecular complexity index is 320. The summed E-state index contributed by atoms with van der Waals surface area (Å²) in [6.07, 6.45) is 0. The number of fused-ring (bicyclic) bond motifs is 1. The maximum atomic E-state index is 3.46. The molecule has 0 fully saturated rings. The number of hydrogen-bond acceptors (Lipinski definition) is 2. The van der Waals surface area contributed by atoms with Crippen LogP contribution in [-0.4, -0.2) is 18.6 Å². The molecule has 0 amide bonds. The molecule has 2 rings (SSSR count). The zero-order chi connectivity index (χ0) is 10.1. The summed E-state index contributed by atoms with van der Waals surface area (Å²) in [5.41, 5.74) is 2.60. The molecule has 0 saturated carbocycles. The van der Waals surface area contributed by atoms with Crippen molar-refractivity contribution in [2.24, 2.45) is 0 Å². The minimum atomic E-state index is 0.563. The van der Waals surface area contributed by atoms with Crippen molar-refractivity contribution in [3.8, 4) is 0 Å². The fourth-order valence-electron chi connectivity index (χ4n) is 2.23. The molecule has 0 aromatic heterocycles. The van der Waals surface area contributed by atoms with Gasteiger partial charge in [-0.15, -0.1) is 0 Å². The molecule has 0 bridgehead atoms. The van der Waals surface area contributed by atoms with Gasteiger partial charge >= 0.3 is 0 Å². The second-order valence-electron chi connectivity index (χ2n) is 4.25.